The van der Waals surface area contributed by atoms with E-state index in [2.05, 4.69) is 46.9 Å². The van der Waals surface area contributed by atoms with Crippen LogP contribution < -0.4 is 5.32 Å². The summed E-state index contributed by atoms with van der Waals surface area (Å²) in [5.74, 6) is 0. The van der Waals surface area contributed by atoms with Crippen molar-refractivity contribution in [3.8, 4) is 0 Å². The van der Waals surface area contributed by atoms with E-state index in [1.807, 2.05) is 0 Å². The number of rotatable bonds is 6. The van der Waals surface area contributed by atoms with Gasteiger partial charge in [0.25, 0.3) is 0 Å². The summed E-state index contributed by atoms with van der Waals surface area (Å²) in [6, 6.07) is 0. The maximum absolute atomic E-state index is 5.58. The summed E-state index contributed by atoms with van der Waals surface area (Å²) < 4.78 is 5.58. The van der Waals surface area contributed by atoms with Crippen molar-refractivity contribution < 1.29 is 4.74 Å². The van der Waals surface area contributed by atoms with Crippen molar-refractivity contribution in [3.05, 3.63) is 0 Å². The van der Waals surface area contributed by atoms with Gasteiger partial charge in [0.2, 0.25) is 0 Å². The zero-order chi connectivity index (χ0) is 11.9. The Kier molecular flexibility index (Phi) is 6.46. The normalized spacial score (nSPS) is 13.2. The van der Waals surface area contributed by atoms with E-state index in [0.717, 1.165) is 32.6 Å². The van der Waals surface area contributed by atoms with Crippen molar-refractivity contribution >= 4 is 0 Å². The minimum Gasteiger partial charge on any atom is -0.381 e. The van der Waals surface area contributed by atoms with Gasteiger partial charge in [-0.1, -0.05) is 20.8 Å². The van der Waals surface area contributed by atoms with Gasteiger partial charge < -0.3 is 10.1 Å². The van der Waals surface area contributed by atoms with Crippen LogP contribution in [0.1, 0.15) is 54.4 Å². The Morgan fingerprint density at radius 2 is 1.53 bits per heavy atom. The van der Waals surface area contributed by atoms with Crippen molar-refractivity contribution in [2.24, 2.45) is 5.41 Å². The molecule has 2 heteroatoms. The van der Waals surface area contributed by atoms with Crippen LogP contribution in [-0.4, -0.2) is 25.3 Å². The van der Waals surface area contributed by atoms with E-state index >= 15 is 0 Å². The molecule has 0 amide bonds. The van der Waals surface area contributed by atoms with Gasteiger partial charge in [-0.15, -0.1) is 0 Å². The van der Waals surface area contributed by atoms with E-state index in [9.17, 15) is 0 Å². The molecule has 0 spiro atoms. The Hall–Kier alpha value is -0.0800. The second kappa shape index (κ2) is 6.49. The van der Waals surface area contributed by atoms with Gasteiger partial charge >= 0.3 is 0 Å². The first-order valence-electron chi connectivity index (χ1n) is 6.03. The molecule has 0 aliphatic heterocycles. The van der Waals surface area contributed by atoms with E-state index in [-0.39, 0.29) is 5.54 Å². The third-order valence-corrected chi connectivity index (χ3v) is 2.12. The van der Waals surface area contributed by atoms with Crippen LogP contribution >= 0.6 is 0 Å². The fourth-order valence-corrected chi connectivity index (χ4v) is 1.12. The number of ether oxygens (including phenoxy) is 1. The molecular formula is C13H29NO. The highest BCUT2D eigenvalue weighted by Gasteiger charge is 2.09. The zero-order valence-corrected chi connectivity index (χ0v) is 11.4. The van der Waals surface area contributed by atoms with Gasteiger partial charge in [-0.25, -0.2) is 0 Å². The van der Waals surface area contributed by atoms with Gasteiger partial charge in [-0.05, 0) is 45.6 Å². The SMILES string of the molecule is CC(C)(C)CCOCCCNC(C)(C)C. The predicted molar refractivity (Wildman–Crippen MR) is 67.3 cm³/mol. The average Bonchev–Trinajstić information content (AvgIpc) is 1.98. The maximum atomic E-state index is 5.58. The molecule has 92 valence electrons. The van der Waals surface area contributed by atoms with Crippen molar-refractivity contribution in [2.45, 2.75) is 59.9 Å². The summed E-state index contributed by atoms with van der Waals surface area (Å²) in [5, 5.41) is 3.45. The minimum absolute atomic E-state index is 0.228. The number of hydrogen-bond donors (Lipinski definition) is 1. The zero-order valence-electron chi connectivity index (χ0n) is 11.4. The lowest BCUT2D eigenvalue weighted by Crippen LogP contribution is -2.36. The summed E-state index contributed by atoms with van der Waals surface area (Å²) in [6.07, 6.45) is 2.24. The maximum Gasteiger partial charge on any atom is 0.0478 e. The molecule has 0 aromatic carbocycles. The number of hydrogen-bond acceptors (Lipinski definition) is 2. The van der Waals surface area contributed by atoms with Crippen molar-refractivity contribution in [2.75, 3.05) is 19.8 Å². The standard InChI is InChI=1S/C13H29NO/c1-12(2,3)8-11-15-10-7-9-14-13(4,5)6/h14H,7-11H2,1-6H3. The van der Waals surface area contributed by atoms with Crippen molar-refractivity contribution in [1.82, 2.24) is 5.32 Å². The lowest BCUT2D eigenvalue weighted by atomic mass is 9.93. The first kappa shape index (κ1) is 14.9. The third kappa shape index (κ3) is 13.9. The first-order valence-corrected chi connectivity index (χ1v) is 6.03. The molecule has 0 radical (unpaired) electrons. The van der Waals surface area contributed by atoms with Gasteiger partial charge in [0.1, 0.15) is 0 Å². The molecule has 0 bridgehead atoms. The first-order chi connectivity index (χ1) is 6.71. The molecule has 0 aliphatic carbocycles. The quantitative estimate of drug-likeness (QED) is 0.687. The van der Waals surface area contributed by atoms with E-state index in [1.165, 1.54) is 0 Å². The highest BCUT2D eigenvalue weighted by molar-refractivity contribution is 4.69. The molecular weight excluding hydrogens is 186 g/mol. The topological polar surface area (TPSA) is 21.3 Å². The molecule has 0 saturated carbocycles. The minimum atomic E-state index is 0.228. The van der Waals surface area contributed by atoms with Crippen molar-refractivity contribution in [1.29, 1.82) is 0 Å². The van der Waals surface area contributed by atoms with E-state index in [0.29, 0.717) is 5.41 Å². The van der Waals surface area contributed by atoms with Crippen LogP contribution in [0.4, 0.5) is 0 Å². The third-order valence-electron chi connectivity index (χ3n) is 2.12. The molecule has 0 aromatic heterocycles. The summed E-state index contributed by atoms with van der Waals surface area (Å²) in [4.78, 5) is 0. The smallest absolute Gasteiger partial charge is 0.0478 e. The average molecular weight is 215 g/mol. The molecule has 0 rings (SSSR count). The van der Waals surface area contributed by atoms with E-state index in [4.69, 9.17) is 4.74 Å². The van der Waals surface area contributed by atoms with E-state index < -0.39 is 0 Å². The van der Waals surface area contributed by atoms with Crippen LogP contribution in [0.25, 0.3) is 0 Å². The van der Waals surface area contributed by atoms with Crippen LogP contribution in [0.2, 0.25) is 0 Å². The summed E-state index contributed by atoms with van der Waals surface area (Å²) in [6.45, 7) is 16.1. The van der Waals surface area contributed by atoms with Gasteiger partial charge in [0.05, 0.1) is 0 Å². The van der Waals surface area contributed by atoms with Crippen LogP contribution in [0.15, 0.2) is 0 Å². The summed E-state index contributed by atoms with van der Waals surface area (Å²) in [7, 11) is 0. The molecule has 1 N–H and O–H groups in total. The van der Waals surface area contributed by atoms with Crippen LogP contribution in [0, 0.1) is 5.41 Å². The highest BCUT2D eigenvalue weighted by Crippen LogP contribution is 2.17. The Labute approximate surface area is 95.8 Å². The van der Waals surface area contributed by atoms with Gasteiger partial charge in [-0.3, -0.25) is 0 Å². The summed E-state index contributed by atoms with van der Waals surface area (Å²) >= 11 is 0. The largest absolute Gasteiger partial charge is 0.381 e. The molecule has 15 heavy (non-hydrogen) atoms. The van der Waals surface area contributed by atoms with E-state index in [1.54, 1.807) is 0 Å². The Morgan fingerprint density at radius 1 is 0.933 bits per heavy atom. The molecule has 0 fully saturated rings. The summed E-state index contributed by atoms with van der Waals surface area (Å²) in [5.41, 5.74) is 0.620. The van der Waals surface area contributed by atoms with Crippen LogP contribution in [0.5, 0.6) is 0 Å². The molecule has 0 heterocycles. The Balaban J connectivity index is 3.20. The molecule has 0 aliphatic rings. The second-order valence-corrected chi connectivity index (χ2v) is 6.45. The fourth-order valence-electron chi connectivity index (χ4n) is 1.12. The van der Waals surface area contributed by atoms with Crippen LogP contribution in [0.3, 0.4) is 0 Å². The monoisotopic (exact) mass is 215 g/mol. The van der Waals surface area contributed by atoms with Gasteiger partial charge in [0.15, 0.2) is 0 Å². The molecule has 2 nitrogen and oxygen atoms in total. The Morgan fingerprint density at radius 3 is 2.00 bits per heavy atom. The molecule has 0 aromatic rings. The lowest BCUT2D eigenvalue weighted by Gasteiger charge is -2.20. The number of nitrogens with one attached hydrogen (secondary N) is 1. The Bertz CT molecular complexity index is 135. The van der Waals surface area contributed by atoms with Gasteiger partial charge in [-0.2, -0.15) is 0 Å². The van der Waals surface area contributed by atoms with Gasteiger partial charge in [0, 0.05) is 18.8 Å². The van der Waals surface area contributed by atoms with Crippen molar-refractivity contribution in [3.63, 3.8) is 0 Å². The molecule has 0 saturated heterocycles. The second-order valence-electron chi connectivity index (χ2n) is 6.45. The highest BCUT2D eigenvalue weighted by atomic mass is 16.5. The van der Waals surface area contributed by atoms with Crippen LogP contribution in [-0.2, 0) is 4.74 Å². The molecule has 0 atom stereocenters. The molecule has 0 unspecified atom stereocenters. The fraction of sp³-hybridized carbons (Fsp3) is 1.00. The lowest BCUT2D eigenvalue weighted by molar-refractivity contribution is 0.105. The predicted octanol–water partition coefficient (Wildman–Crippen LogP) is 3.22.